The van der Waals surface area contributed by atoms with Gasteiger partial charge in [0.15, 0.2) is 19.1 Å². The van der Waals surface area contributed by atoms with E-state index >= 15 is 0 Å². The number of aromatic amines is 4. The van der Waals surface area contributed by atoms with Gasteiger partial charge in [0.05, 0.1) is 35.4 Å². The first kappa shape index (κ1) is 32.4. The van der Waals surface area contributed by atoms with Crippen LogP contribution >= 0.6 is 48.9 Å². The van der Waals surface area contributed by atoms with Gasteiger partial charge >= 0.3 is 59.1 Å². The molecule has 0 spiro atoms. The molecule has 0 bridgehead atoms. The monoisotopic (exact) mass is 606 g/mol. The minimum atomic E-state index is -1.72. The molecule has 4 rings (SSSR count). The second kappa shape index (κ2) is 14.0. The minimum absolute atomic E-state index is 0. The van der Waals surface area contributed by atoms with E-state index in [-0.39, 0.29) is 70.5 Å². The third-order valence-electron chi connectivity index (χ3n) is 5.06. The first-order chi connectivity index (χ1) is 17.2. The Hall–Kier alpha value is -1.86. The molecule has 2 aromatic carbocycles. The van der Waals surface area contributed by atoms with Gasteiger partial charge in [0.2, 0.25) is 0 Å². The molecule has 0 aliphatic heterocycles. The van der Waals surface area contributed by atoms with Gasteiger partial charge in [-0.2, -0.15) is 0 Å². The van der Waals surface area contributed by atoms with Gasteiger partial charge in [-0.3, -0.25) is 29.5 Å². The Morgan fingerprint density at radius 3 is 1.26 bits per heavy atom. The van der Waals surface area contributed by atoms with Crippen LogP contribution in [0.15, 0.2) is 48.5 Å². The molecule has 2 unspecified atom stereocenters. The predicted molar refractivity (Wildman–Crippen MR) is 137 cm³/mol. The number of hydrogen-bond acceptors (Lipinski definition) is 10. The van der Waals surface area contributed by atoms with Crippen molar-refractivity contribution >= 4 is 72.2 Å². The summed E-state index contributed by atoms with van der Waals surface area (Å²) in [5.74, 6) is -3.33. The van der Waals surface area contributed by atoms with E-state index in [0.29, 0.717) is 30.5 Å². The van der Waals surface area contributed by atoms with Gasteiger partial charge in [-0.05, 0) is 85.3 Å². The van der Waals surface area contributed by atoms with E-state index < -0.39 is 24.0 Å². The Kier molecular flexibility index (Phi) is 11.9. The fraction of sp³-hybridized carbons (Fsp3) is 0.100. The Balaban J connectivity index is 0.00000253. The molecule has 0 aliphatic carbocycles. The number of carbonyl (C=O) groups is 2. The van der Waals surface area contributed by atoms with Crippen molar-refractivity contribution in [3.63, 3.8) is 0 Å². The van der Waals surface area contributed by atoms with Crippen LogP contribution in [0.4, 0.5) is 11.4 Å². The molecule has 0 saturated heterocycles. The van der Waals surface area contributed by atoms with Crippen LogP contribution in [0.5, 0.6) is 0 Å². The van der Waals surface area contributed by atoms with Crippen molar-refractivity contribution in [1.29, 1.82) is 0 Å². The number of aliphatic carboxylic acids is 2. The van der Waals surface area contributed by atoms with E-state index in [2.05, 4.69) is 31.0 Å². The van der Waals surface area contributed by atoms with Crippen LogP contribution in [0.25, 0.3) is 11.4 Å². The summed E-state index contributed by atoms with van der Waals surface area (Å²) in [4.78, 5) is 24.0. The van der Waals surface area contributed by atoms with E-state index in [1.807, 2.05) is 0 Å². The van der Waals surface area contributed by atoms with Crippen molar-refractivity contribution < 1.29 is 78.9 Å². The summed E-state index contributed by atoms with van der Waals surface area (Å²) in [7, 11) is 0. The third kappa shape index (κ3) is 7.20. The first-order valence-electron chi connectivity index (χ1n) is 10.1. The number of nitrogens with zero attached hydrogens (tertiary/aromatic N) is 2. The molecular weight excluding hydrogens is 591 g/mol. The van der Waals surface area contributed by atoms with Crippen molar-refractivity contribution in [2.24, 2.45) is 0 Å². The predicted octanol–water partition coefficient (Wildman–Crippen LogP) is -4.73. The van der Waals surface area contributed by atoms with Crippen LogP contribution in [0, 0.1) is 19.1 Å². The smallest absolute Gasteiger partial charge is 0.548 e. The van der Waals surface area contributed by atoms with Crippen LogP contribution in [0.1, 0.15) is 0 Å². The number of carbonyl (C=O) groups excluding carboxylic acids is 2. The zero-order valence-corrected chi connectivity index (χ0v) is 27.2. The summed E-state index contributed by atoms with van der Waals surface area (Å²) < 4.78 is 4.22. The van der Waals surface area contributed by atoms with Crippen LogP contribution in [0.2, 0.25) is 0 Å². The van der Waals surface area contributed by atoms with Crippen LogP contribution in [-0.2, 0) is 9.59 Å². The van der Waals surface area contributed by atoms with Crippen LogP contribution in [-0.4, -0.2) is 53.6 Å². The van der Waals surface area contributed by atoms with Gasteiger partial charge in [-0.25, -0.2) is 0 Å². The maximum atomic E-state index is 12.0. The Bertz CT molecular complexity index is 1510. The number of nitrogens with one attached hydrogen (secondary N) is 6. The van der Waals surface area contributed by atoms with Gasteiger partial charge in [0.1, 0.15) is 0 Å². The summed E-state index contributed by atoms with van der Waals surface area (Å²) >= 11 is 20.8. The number of H-pyrrole nitrogens is 4. The topological polar surface area (TPSA) is 177 Å². The number of hydrogen-bond donors (Lipinski definition) is 6. The second-order valence-corrected chi connectivity index (χ2v) is 8.92. The van der Waals surface area contributed by atoms with E-state index in [1.165, 1.54) is 9.13 Å². The largest absolute Gasteiger partial charge is 1.00 e. The molecule has 2 aromatic heterocycles. The molecule has 0 fully saturated rings. The molecule has 38 heavy (non-hydrogen) atoms. The summed E-state index contributed by atoms with van der Waals surface area (Å²) in [5, 5.41) is 40.2. The molecule has 0 radical (unpaired) electrons. The first-order valence-corrected chi connectivity index (χ1v) is 11.7. The maximum Gasteiger partial charge on any atom is 1.00 e. The molecule has 4 aromatic rings. The number of carboxylic acid groups (broad SMARTS) is 2. The number of carboxylic acids is 2. The fourth-order valence-electron chi connectivity index (χ4n) is 3.48. The molecular formula is C20H16N8Na2O4S4. The number of benzene rings is 2. The molecule has 0 amide bonds. The Morgan fingerprint density at radius 1 is 0.658 bits per heavy atom. The van der Waals surface area contributed by atoms with Gasteiger partial charge in [0.25, 0.3) is 0 Å². The molecule has 2 heterocycles. The molecule has 2 atom stereocenters. The zero-order valence-electron chi connectivity index (χ0n) is 19.9. The van der Waals surface area contributed by atoms with Crippen molar-refractivity contribution in [1.82, 2.24) is 29.5 Å². The van der Waals surface area contributed by atoms with E-state index in [9.17, 15) is 19.8 Å². The quantitative estimate of drug-likeness (QED) is 0.0802. The van der Waals surface area contributed by atoms with Crippen molar-refractivity contribution in [3.8, 4) is 11.4 Å². The standard InChI is InChI=1S/C20H18N8O4S4.2Na/c29-15(30)13(21-9-3-1-5-11(7-9)27-17(33)23-24-18(27)34)14(16(31)32)22-10-4-2-6-12(8-10)28-19(35)25-26-20(28)36;;/h1-8,13-14,21-22H,(H,23,33)(H,24,34)(H,25,35)(H,26,36)(H,29,30)(H,31,32);;/q;2*+1/p-2. The van der Waals surface area contributed by atoms with Crippen LogP contribution < -0.4 is 80.0 Å². The number of anilines is 2. The SMILES string of the molecule is O=C([O-])C(Nc1cccc(-n2c(=S)[nH][nH]c2=S)c1)C(Nc1cccc(-n2c(=S)[nH][nH]c2=S)c1)C(=O)[O-].[Na+].[Na+]. The van der Waals surface area contributed by atoms with Crippen molar-refractivity contribution in [2.75, 3.05) is 10.6 Å². The molecule has 186 valence electrons. The van der Waals surface area contributed by atoms with E-state index in [1.54, 1.807) is 48.5 Å². The summed E-state index contributed by atoms with van der Waals surface area (Å²) in [6.07, 6.45) is 0. The van der Waals surface area contributed by atoms with E-state index in [4.69, 9.17) is 48.9 Å². The Labute approximate surface area is 279 Å². The summed E-state index contributed by atoms with van der Waals surface area (Å²) in [6, 6.07) is 9.45. The van der Waals surface area contributed by atoms with Crippen LogP contribution in [0.3, 0.4) is 0 Å². The summed E-state index contributed by atoms with van der Waals surface area (Å²) in [6.45, 7) is 0. The van der Waals surface area contributed by atoms with E-state index in [0.717, 1.165) is 0 Å². The summed E-state index contributed by atoms with van der Waals surface area (Å²) in [5.41, 5.74) is 1.61. The molecule has 0 aliphatic rings. The maximum absolute atomic E-state index is 12.0. The normalized spacial score (nSPS) is 11.9. The molecule has 0 saturated carbocycles. The third-order valence-corrected chi connectivity index (χ3v) is 6.20. The molecule has 12 nitrogen and oxygen atoms in total. The number of aromatic nitrogens is 6. The van der Waals surface area contributed by atoms with Gasteiger partial charge < -0.3 is 30.4 Å². The van der Waals surface area contributed by atoms with Crippen molar-refractivity contribution in [3.05, 3.63) is 67.6 Å². The second-order valence-electron chi connectivity index (χ2n) is 7.37. The minimum Gasteiger partial charge on any atom is -0.548 e. The number of rotatable bonds is 9. The average Bonchev–Trinajstić information content (AvgIpc) is 3.35. The fourth-order valence-corrected chi connectivity index (χ4v) is 4.58. The molecule has 6 N–H and O–H groups in total. The Morgan fingerprint density at radius 2 is 0.974 bits per heavy atom. The average molecular weight is 607 g/mol. The van der Waals surface area contributed by atoms with Gasteiger partial charge in [0, 0.05) is 11.4 Å². The van der Waals surface area contributed by atoms with Crippen molar-refractivity contribution in [2.45, 2.75) is 12.1 Å². The molecule has 18 heteroatoms. The van der Waals surface area contributed by atoms with Gasteiger partial charge in [-0.15, -0.1) is 0 Å². The zero-order chi connectivity index (χ0) is 26.0. The van der Waals surface area contributed by atoms with Gasteiger partial charge in [-0.1, -0.05) is 12.1 Å².